The number of carbonyl (C=O) groups is 1. The first-order valence-corrected chi connectivity index (χ1v) is 19.1. The molecule has 1 aromatic carbocycles. The van der Waals surface area contributed by atoms with Crippen molar-refractivity contribution in [3.05, 3.63) is 78.0 Å². The number of anilines is 1. The van der Waals surface area contributed by atoms with Gasteiger partial charge in [-0.05, 0) is 94.4 Å². The van der Waals surface area contributed by atoms with E-state index >= 15 is 0 Å². The van der Waals surface area contributed by atoms with Crippen LogP contribution in [-0.4, -0.2) is 79.9 Å². The second-order valence-corrected chi connectivity index (χ2v) is 14.6. The van der Waals surface area contributed by atoms with Crippen LogP contribution in [0.25, 0.3) is 5.95 Å². The number of hydrogen-bond donors (Lipinski definition) is 4. The van der Waals surface area contributed by atoms with E-state index in [1.54, 1.807) is 19.4 Å². The zero-order valence-corrected chi connectivity index (χ0v) is 32.0. The first-order chi connectivity index (χ1) is 26.1. The number of rotatable bonds is 16. The monoisotopic (exact) mass is 740 g/mol. The predicted molar refractivity (Wildman–Crippen MR) is 208 cm³/mol. The number of carboxylic acid groups (broad SMARTS) is 1. The number of hydrogen-bond acceptors (Lipinski definition) is 10. The Kier molecular flexibility index (Phi) is 15.1. The first-order valence-electron chi connectivity index (χ1n) is 19.1. The zero-order valence-electron chi connectivity index (χ0n) is 32.0. The summed E-state index contributed by atoms with van der Waals surface area (Å²) < 4.78 is 12.6. The van der Waals surface area contributed by atoms with E-state index in [-0.39, 0.29) is 24.4 Å². The number of imidazole rings is 1. The van der Waals surface area contributed by atoms with Gasteiger partial charge >= 0.3 is 5.97 Å². The largest absolute Gasteiger partial charge is 0.481 e. The maximum absolute atomic E-state index is 10.6. The molecule has 54 heavy (non-hydrogen) atoms. The number of aromatic nitrogens is 4. The van der Waals surface area contributed by atoms with Gasteiger partial charge in [0.25, 0.3) is 0 Å². The van der Waals surface area contributed by atoms with Crippen LogP contribution >= 0.6 is 0 Å². The first kappa shape index (κ1) is 40.5. The van der Waals surface area contributed by atoms with Crippen LogP contribution in [0.5, 0.6) is 11.5 Å². The lowest BCUT2D eigenvalue weighted by Crippen LogP contribution is -2.25. The van der Waals surface area contributed by atoms with Crippen molar-refractivity contribution in [1.29, 1.82) is 0 Å². The zero-order chi connectivity index (χ0) is 38.5. The van der Waals surface area contributed by atoms with E-state index < -0.39 is 12.1 Å². The molecule has 3 aromatic rings. The van der Waals surface area contributed by atoms with Gasteiger partial charge in [-0.1, -0.05) is 36.8 Å². The van der Waals surface area contributed by atoms with Gasteiger partial charge in [0.2, 0.25) is 12.7 Å². The highest BCUT2D eigenvalue weighted by Crippen LogP contribution is 2.50. The molecule has 6 atom stereocenters. The summed E-state index contributed by atoms with van der Waals surface area (Å²) in [5.74, 6) is 9.44. The number of unbranched alkanes of at least 4 members (excludes halogenated alkanes) is 1. The third-order valence-corrected chi connectivity index (χ3v) is 10.4. The fourth-order valence-electron chi connectivity index (χ4n) is 7.38. The summed E-state index contributed by atoms with van der Waals surface area (Å²) in [7, 11) is 2.05. The summed E-state index contributed by atoms with van der Waals surface area (Å²) >= 11 is 0. The average Bonchev–Trinajstić information content (AvgIpc) is 3.97. The summed E-state index contributed by atoms with van der Waals surface area (Å²) in [6.45, 7) is 8.69. The van der Waals surface area contributed by atoms with E-state index in [0.717, 1.165) is 74.7 Å². The number of aliphatic hydroxyl groups is 2. The number of ether oxygens (including phenoxy) is 2. The highest BCUT2D eigenvalue weighted by molar-refractivity contribution is 5.66. The number of carboxylic acids is 1. The topological polar surface area (TPSA) is 155 Å². The molecular weight excluding hydrogens is 684 g/mol. The number of nitrogens with zero attached hydrogens (tertiary/aromatic N) is 5. The fourth-order valence-corrected chi connectivity index (χ4v) is 7.38. The van der Waals surface area contributed by atoms with Gasteiger partial charge in [-0.15, -0.1) is 11.8 Å². The number of benzene rings is 1. The minimum atomic E-state index is -0.738. The second kappa shape index (κ2) is 20.1. The van der Waals surface area contributed by atoms with Crippen LogP contribution in [0.1, 0.15) is 76.5 Å². The Morgan fingerprint density at radius 1 is 1.19 bits per heavy atom. The number of nitrogens with one attached hydrogen (secondary N) is 1. The van der Waals surface area contributed by atoms with Gasteiger partial charge in [-0.2, -0.15) is 4.98 Å². The van der Waals surface area contributed by atoms with Crippen LogP contribution in [0, 0.1) is 42.4 Å². The molecule has 2 aliphatic carbocycles. The van der Waals surface area contributed by atoms with Gasteiger partial charge in [0.1, 0.15) is 12.1 Å². The van der Waals surface area contributed by atoms with Gasteiger partial charge in [0.15, 0.2) is 11.5 Å². The van der Waals surface area contributed by atoms with Crippen molar-refractivity contribution in [3.8, 4) is 29.3 Å². The van der Waals surface area contributed by atoms with Crippen LogP contribution in [0.2, 0.25) is 0 Å². The molecule has 3 heterocycles. The Labute approximate surface area is 319 Å². The van der Waals surface area contributed by atoms with E-state index in [0.29, 0.717) is 37.4 Å². The van der Waals surface area contributed by atoms with Crippen LogP contribution in [0.4, 0.5) is 5.82 Å². The summed E-state index contributed by atoms with van der Waals surface area (Å²) in [5.41, 5.74) is 3.53. The van der Waals surface area contributed by atoms with Crippen molar-refractivity contribution in [2.75, 3.05) is 31.8 Å². The molecule has 0 bridgehead atoms. The highest BCUT2D eigenvalue weighted by atomic mass is 16.7. The highest BCUT2D eigenvalue weighted by Gasteiger charge is 2.45. The Balaban J connectivity index is 0.000000208. The molecule has 12 nitrogen and oxygen atoms in total. The van der Waals surface area contributed by atoms with Crippen molar-refractivity contribution in [2.24, 2.45) is 23.7 Å². The number of fused-ring (bicyclic) bond motifs is 2. The van der Waals surface area contributed by atoms with Gasteiger partial charge in [0, 0.05) is 63.1 Å². The fraction of sp³-hybridized carbons (Fsp3) is 0.524. The number of allylic oxidation sites excluding steroid dienone is 2. The van der Waals surface area contributed by atoms with Crippen molar-refractivity contribution >= 4 is 11.8 Å². The minimum absolute atomic E-state index is 0.0845. The molecule has 0 radical (unpaired) electrons. The molecule has 12 heteroatoms. The summed E-state index contributed by atoms with van der Waals surface area (Å²) in [4.78, 5) is 25.9. The standard InChI is InChI=1S/C22H32O4.C20H24N6O2/c1-3-4-7-15(2)20(23)11-10-18-19-13-16(8-5-6-9-22(25)26)12-17(19)14-21(18)24;1-15-10-19(24-20(23-15)26-9-7-22-13-26)25(2)8-3-6-21-12-16-4-5-17-18(11-16)28-14-27-17/h8,10-11,15,17-21,23-24H,5-7,9,12-14H2,1-2H3,(H,25,26);4-5,7,9-11,13,21H,3,6,8,12,14H2,1-2H3/b11-10+,16-8+;/t15?,17-,18+,19-,20+,21+;/m0./s1. The van der Waals surface area contributed by atoms with Crippen LogP contribution < -0.4 is 19.7 Å². The molecule has 3 aliphatic rings. The number of aliphatic carboxylic acids is 1. The summed E-state index contributed by atoms with van der Waals surface area (Å²) in [5, 5.41) is 32.9. The smallest absolute Gasteiger partial charge is 0.303 e. The third-order valence-electron chi connectivity index (χ3n) is 10.4. The molecule has 2 fully saturated rings. The van der Waals surface area contributed by atoms with E-state index in [2.05, 4.69) is 56.2 Å². The maximum atomic E-state index is 10.6. The molecular formula is C42H56N6O6. The Bertz CT molecular complexity index is 1780. The molecule has 0 saturated heterocycles. The molecule has 6 rings (SSSR count). The summed E-state index contributed by atoms with van der Waals surface area (Å²) in [6.07, 6.45) is 16.7. The molecule has 0 amide bonds. The van der Waals surface area contributed by atoms with Crippen molar-refractivity contribution in [1.82, 2.24) is 24.8 Å². The van der Waals surface area contributed by atoms with Crippen LogP contribution in [0.3, 0.4) is 0 Å². The molecule has 1 aliphatic heterocycles. The van der Waals surface area contributed by atoms with Gasteiger partial charge in [-0.25, -0.2) is 9.97 Å². The van der Waals surface area contributed by atoms with Crippen molar-refractivity contribution < 1.29 is 29.6 Å². The number of aryl methyl sites for hydroxylation is 1. The van der Waals surface area contributed by atoms with E-state index in [4.69, 9.17) is 14.6 Å². The molecule has 0 spiro atoms. The van der Waals surface area contributed by atoms with E-state index in [9.17, 15) is 15.0 Å². The van der Waals surface area contributed by atoms with Gasteiger partial charge < -0.3 is 35.0 Å². The van der Waals surface area contributed by atoms with Crippen LogP contribution in [-0.2, 0) is 11.3 Å². The normalized spacial score (nSPS) is 21.6. The van der Waals surface area contributed by atoms with Crippen molar-refractivity contribution in [3.63, 3.8) is 0 Å². The lowest BCUT2D eigenvalue weighted by molar-refractivity contribution is -0.137. The quantitative estimate of drug-likeness (QED) is 0.0794. The van der Waals surface area contributed by atoms with E-state index in [1.165, 1.54) is 11.1 Å². The Morgan fingerprint density at radius 3 is 2.80 bits per heavy atom. The lowest BCUT2D eigenvalue weighted by atomic mass is 9.89. The Hall–Kier alpha value is -4.70. The molecule has 290 valence electrons. The minimum Gasteiger partial charge on any atom is -0.481 e. The maximum Gasteiger partial charge on any atom is 0.303 e. The summed E-state index contributed by atoms with van der Waals surface area (Å²) in [6, 6.07) is 8.06. The number of aliphatic hydroxyl groups excluding tert-OH is 2. The SMILES string of the molecule is CC#CCC(C)[C@H](O)/C=C/[C@@H]1[C@H]2C/C(=C/CCCC(=O)O)C[C@H]2C[C@H]1O.Cc1cc(N(C)CCCNCc2ccc3c(c2)OCO3)nc(-n2ccnc2)n1. The molecule has 4 N–H and O–H groups in total. The van der Waals surface area contributed by atoms with Gasteiger partial charge in [-0.3, -0.25) is 9.36 Å². The predicted octanol–water partition coefficient (Wildman–Crippen LogP) is 5.86. The van der Waals surface area contributed by atoms with Crippen molar-refractivity contribution in [2.45, 2.75) is 90.9 Å². The van der Waals surface area contributed by atoms with E-state index in [1.807, 2.05) is 55.0 Å². The average molecular weight is 741 g/mol. The molecule has 2 aromatic heterocycles. The Morgan fingerprint density at radius 2 is 2.02 bits per heavy atom. The molecule has 2 saturated carbocycles. The second-order valence-electron chi connectivity index (χ2n) is 14.6. The van der Waals surface area contributed by atoms with Gasteiger partial charge in [0.05, 0.1) is 12.2 Å². The lowest BCUT2D eigenvalue weighted by Gasteiger charge is -2.19. The molecule has 1 unspecified atom stereocenters. The third kappa shape index (κ3) is 11.6. The van der Waals surface area contributed by atoms with Crippen LogP contribution in [0.15, 0.2) is 66.8 Å².